The van der Waals surface area contributed by atoms with Gasteiger partial charge in [-0.2, -0.15) is 0 Å². The van der Waals surface area contributed by atoms with Crippen molar-refractivity contribution in [1.29, 1.82) is 0 Å². The first-order chi connectivity index (χ1) is 14.2. The molecule has 2 unspecified atom stereocenters. The monoisotopic (exact) mass is 423 g/mol. The van der Waals surface area contributed by atoms with E-state index in [4.69, 9.17) is 4.42 Å². The normalized spacial score (nSPS) is 20.5. The molecule has 3 heterocycles. The van der Waals surface area contributed by atoms with Crippen LogP contribution in [-0.4, -0.2) is 41.0 Å². The van der Waals surface area contributed by atoms with Gasteiger partial charge in [-0.3, -0.25) is 4.79 Å². The Hall–Kier alpha value is -2.63. The summed E-state index contributed by atoms with van der Waals surface area (Å²) in [5.74, 6) is 1.29. The van der Waals surface area contributed by atoms with E-state index in [0.29, 0.717) is 23.3 Å². The molecule has 0 radical (unpaired) electrons. The first-order valence-electron chi connectivity index (χ1n) is 10.4. The van der Waals surface area contributed by atoms with Gasteiger partial charge in [-0.1, -0.05) is 42.0 Å². The molecule has 6 heteroatoms. The summed E-state index contributed by atoms with van der Waals surface area (Å²) in [5.41, 5.74) is 3.61. The van der Waals surface area contributed by atoms with E-state index >= 15 is 0 Å². The van der Waals surface area contributed by atoms with Crippen molar-refractivity contribution in [2.45, 2.75) is 38.3 Å². The van der Waals surface area contributed by atoms with Crippen LogP contribution in [0.1, 0.15) is 35.2 Å². The quantitative estimate of drug-likeness (QED) is 0.663. The maximum Gasteiger partial charge on any atom is 0.255 e. The van der Waals surface area contributed by atoms with E-state index in [1.165, 1.54) is 5.56 Å². The van der Waals surface area contributed by atoms with Crippen LogP contribution in [-0.2, 0) is 0 Å². The van der Waals surface area contributed by atoms with E-state index in [1.807, 2.05) is 36.4 Å². The van der Waals surface area contributed by atoms with Gasteiger partial charge in [0.25, 0.3) is 5.91 Å². The van der Waals surface area contributed by atoms with Crippen LogP contribution in [0.5, 0.6) is 0 Å². The lowest BCUT2D eigenvalue weighted by atomic mass is 10.0. The van der Waals surface area contributed by atoms with Gasteiger partial charge >= 0.3 is 0 Å². The maximum atomic E-state index is 13.6. The van der Waals surface area contributed by atoms with Crippen molar-refractivity contribution >= 4 is 18.3 Å². The number of aryl methyl sites for hydroxylation is 1. The second kappa shape index (κ2) is 8.62. The molecule has 2 aromatic carbocycles. The molecule has 2 aliphatic heterocycles. The number of amides is 1. The average Bonchev–Trinajstić information content (AvgIpc) is 3.32. The van der Waals surface area contributed by atoms with Crippen molar-refractivity contribution < 1.29 is 9.21 Å². The number of nitrogens with one attached hydrogen (secondary N) is 1. The van der Waals surface area contributed by atoms with E-state index in [1.54, 1.807) is 6.20 Å². The summed E-state index contributed by atoms with van der Waals surface area (Å²) in [6, 6.07) is 16.4. The molecule has 1 aromatic heterocycles. The molecule has 2 fully saturated rings. The third kappa shape index (κ3) is 3.75. The Morgan fingerprint density at radius 3 is 2.67 bits per heavy atom. The molecule has 5 nitrogen and oxygen atoms in total. The fourth-order valence-electron chi connectivity index (χ4n) is 4.56. The predicted molar refractivity (Wildman–Crippen MR) is 120 cm³/mol. The molecule has 0 aliphatic carbocycles. The SMILES string of the molecule is Cc1ccc(-c2cnc(-c3ccccc3C(=O)N3C4CCNCC3CC4)o2)cc1.Cl. The van der Waals surface area contributed by atoms with Crippen molar-refractivity contribution in [2.75, 3.05) is 13.1 Å². The van der Waals surface area contributed by atoms with Crippen molar-refractivity contribution in [3.05, 3.63) is 65.9 Å². The zero-order valence-corrected chi connectivity index (χ0v) is 17.8. The summed E-state index contributed by atoms with van der Waals surface area (Å²) in [7, 11) is 0. The third-order valence-corrected chi connectivity index (χ3v) is 6.12. The molecule has 0 saturated carbocycles. The van der Waals surface area contributed by atoms with Crippen molar-refractivity contribution in [1.82, 2.24) is 15.2 Å². The molecule has 2 bridgehead atoms. The van der Waals surface area contributed by atoms with Gasteiger partial charge in [0, 0.05) is 29.8 Å². The van der Waals surface area contributed by atoms with Crippen LogP contribution in [0, 0.1) is 6.92 Å². The summed E-state index contributed by atoms with van der Waals surface area (Å²) in [6.45, 7) is 3.91. The highest BCUT2D eigenvalue weighted by Crippen LogP contribution is 2.33. The van der Waals surface area contributed by atoms with E-state index in [2.05, 4.69) is 34.3 Å². The highest BCUT2D eigenvalue weighted by atomic mass is 35.5. The fourth-order valence-corrected chi connectivity index (χ4v) is 4.56. The molecule has 0 spiro atoms. The Bertz CT molecular complexity index is 1020. The van der Waals surface area contributed by atoms with E-state index in [9.17, 15) is 4.79 Å². The van der Waals surface area contributed by atoms with Crippen LogP contribution in [0.25, 0.3) is 22.8 Å². The number of carbonyl (C=O) groups is 1. The topological polar surface area (TPSA) is 58.4 Å². The second-order valence-corrected chi connectivity index (χ2v) is 8.03. The minimum absolute atomic E-state index is 0. The molecule has 2 atom stereocenters. The number of oxazole rings is 1. The first kappa shape index (κ1) is 20.6. The van der Waals surface area contributed by atoms with Crippen LogP contribution in [0.4, 0.5) is 0 Å². The fraction of sp³-hybridized carbons (Fsp3) is 0.333. The Morgan fingerprint density at radius 2 is 1.83 bits per heavy atom. The van der Waals surface area contributed by atoms with Gasteiger partial charge in [-0.15, -0.1) is 12.4 Å². The lowest BCUT2D eigenvalue weighted by molar-refractivity contribution is 0.0681. The summed E-state index contributed by atoms with van der Waals surface area (Å²) in [5, 5.41) is 3.46. The number of benzene rings is 2. The molecular weight excluding hydrogens is 398 g/mol. The largest absolute Gasteiger partial charge is 0.436 e. The van der Waals surface area contributed by atoms with Gasteiger partial charge in [0.1, 0.15) is 0 Å². The lowest BCUT2D eigenvalue weighted by Crippen LogP contribution is -2.42. The summed E-state index contributed by atoms with van der Waals surface area (Å²) in [6.07, 6.45) is 4.92. The lowest BCUT2D eigenvalue weighted by Gasteiger charge is -2.28. The van der Waals surface area contributed by atoms with Crippen molar-refractivity contribution in [3.8, 4) is 22.8 Å². The van der Waals surface area contributed by atoms with Crippen molar-refractivity contribution in [2.24, 2.45) is 0 Å². The molecule has 156 valence electrons. The molecule has 2 saturated heterocycles. The predicted octanol–water partition coefficient (Wildman–Crippen LogP) is 4.71. The Balaban J connectivity index is 0.00000218. The molecule has 1 amide bonds. The molecule has 2 aliphatic rings. The summed E-state index contributed by atoms with van der Waals surface area (Å²) < 4.78 is 6.07. The van der Waals surface area contributed by atoms with Crippen LogP contribution in [0.15, 0.2) is 59.1 Å². The number of fused-ring (bicyclic) bond motifs is 2. The number of hydrogen-bond acceptors (Lipinski definition) is 4. The number of hydrogen-bond donors (Lipinski definition) is 1. The van der Waals surface area contributed by atoms with Gasteiger partial charge < -0.3 is 14.6 Å². The van der Waals surface area contributed by atoms with Crippen LogP contribution in [0.3, 0.4) is 0 Å². The number of nitrogens with zero attached hydrogens (tertiary/aromatic N) is 2. The maximum absolute atomic E-state index is 13.6. The highest BCUT2D eigenvalue weighted by Gasteiger charge is 2.39. The van der Waals surface area contributed by atoms with Crippen LogP contribution >= 0.6 is 12.4 Å². The van der Waals surface area contributed by atoms with Gasteiger partial charge in [-0.25, -0.2) is 4.98 Å². The zero-order chi connectivity index (χ0) is 19.8. The van der Waals surface area contributed by atoms with Gasteiger partial charge in [0.05, 0.1) is 11.8 Å². The van der Waals surface area contributed by atoms with Gasteiger partial charge in [0.2, 0.25) is 5.89 Å². The third-order valence-electron chi connectivity index (χ3n) is 6.12. The molecule has 5 rings (SSSR count). The Labute approximate surface area is 182 Å². The van der Waals surface area contributed by atoms with Crippen LogP contribution in [0.2, 0.25) is 0 Å². The van der Waals surface area contributed by atoms with E-state index < -0.39 is 0 Å². The minimum atomic E-state index is 0. The minimum Gasteiger partial charge on any atom is -0.436 e. The molecular formula is C24H26ClN3O2. The molecule has 1 N–H and O–H groups in total. The summed E-state index contributed by atoms with van der Waals surface area (Å²) in [4.78, 5) is 20.1. The standard InChI is InChI=1S/C24H25N3O2.ClH/c1-16-6-8-17(9-7-16)22-15-26-23(29-22)20-4-2-3-5-21(20)24(28)27-18-10-11-19(27)14-25-13-12-18;/h2-9,15,18-19,25H,10-14H2,1H3;1H. The summed E-state index contributed by atoms with van der Waals surface area (Å²) >= 11 is 0. The zero-order valence-electron chi connectivity index (χ0n) is 17.0. The average molecular weight is 424 g/mol. The Morgan fingerprint density at radius 1 is 1.07 bits per heavy atom. The van der Waals surface area contributed by atoms with E-state index in [0.717, 1.165) is 43.5 Å². The first-order valence-corrected chi connectivity index (χ1v) is 10.4. The number of aromatic nitrogens is 1. The Kier molecular flexibility index (Phi) is 5.93. The van der Waals surface area contributed by atoms with E-state index in [-0.39, 0.29) is 24.4 Å². The molecule has 3 aromatic rings. The molecule has 30 heavy (non-hydrogen) atoms. The number of carbonyl (C=O) groups excluding carboxylic acids is 1. The smallest absolute Gasteiger partial charge is 0.255 e. The second-order valence-electron chi connectivity index (χ2n) is 8.03. The number of rotatable bonds is 3. The van der Waals surface area contributed by atoms with Crippen LogP contribution < -0.4 is 5.32 Å². The number of halogens is 1. The van der Waals surface area contributed by atoms with Gasteiger partial charge in [-0.05, 0) is 44.9 Å². The highest BCUT2D eigenvalue weighted by molar-refractivity contribution is 6.00. The van der Waals surface area contributed by atoms with Gasteiger partial charge in [0.15, 0.2) is 5.76 Å². The van der Waals surface area contributed by atoms with Crippen molar-refractivity contribution in [3.63, 3.8) is 0 Å².